The first-order chi connectivity index (χ1) is 11.6. The number of carbonyl (C=O) groups is 2. The minimum atomic E-state index is -0.485. The average molecular weight is 376 g/mol. The molecule has 0 aromatic rings. The molecule has 0 unspecified atom stereocenters. The van der Waals surface area contributed by atoms with Crippen molar-refractivity contribution in [1.82, 2.24) is 16.0 Å². The highest BCUT2D eigenvalue weighted by Gasteiger charge is 2.33. The topological polar surface area (TPSA) is 79.5 Å². The molecule has 0 spiro atoms. The number of carbonyl (C=O) groups excluding carboxylic acids is 2. The predicted octanol–water partition coefficient (Wildman–Crippen LogP) is 1.63. The van der Waals surface area contributed by atoms with Crippen LogP contribution in [0.25, 0.3) is 0 Å². The molecule has 1 saturated carbocycles. The van der Waals surface area contributed by atoms with Crippen LogP contribution in [0.1, 0.15) is 51.9 Å². The first kappa shape index (κ1) is 22.2. The van der Waals surface area contributed by atoms with Crippen LogP contribution in [0, 0.1) is 11.3 Å². The van der Waals surface area contributed by atoms with Gasteiger partial charge in [-0.2, -0.15) is 0 Å². The molecule has 0 aromatic heterocycles. The van der Waals surface area contributed by atoms with Crippen LogP contribution in [0.5, 0.6) is 0 Å². The van der Waals surface area contributed by atoms with Crippen molar-refractivity contribution in [1.29, 1.82) is 0 Å². The van der Waals surface area contributed by atoms with E-state index < -0.39 is 6.04 Å². The third-order valence-electron chi connectivity index (χ3n) is 5.48. The number of amides is 2. The van der Waals surface area contributed by atoms with Gasteiger partial charge in [-0.3, -0.25) is 9.59 Å². The van der Waals surface area contributed by atoms with Crippen LogP contribution >= 0.6 is 12.4 Å². The van der Waals surface area contributed by atoms with Gasteiger partial charge in [0.1, 0.15) is 6.04 Å². The number of ether oxygens (including phenoxy) is 1. The number of nitrogens with one attached hydrogen (secondary N) is 3. The van der Waals surface area contributed by atoms with Gasteiger partial charge in [-0.15, -0.1) is 12.4 Å². The Morgan fingerprint density at radius 3 is 2.44 bits per heavy atom. The Kier molecular flexibility index (Phi) is 9.75. The second-order valence-corrected chi connectivity index (χ2v) is 7.47. The number of halogens is 1. The second kappa shape index (κ2) is 11.0. The SMILES string of the molecule is COCC1(CNC(=O)[C@H](C)NC(=O)C2CCCCC2)CCNCC1.Cl. The summed E-state index contributed by atoms with van der Waals surface area (Å²) < 4.78 is 5.37. The maximum atomic E-state index is 12.4. The monoisotopic (exact) mass is 375 g/mol. The van der Waals surface area contributed by atoms with Crippen LogP contribution in [-0.2, 0) is 14.3 Å². The molecule has 146 valence electrons. The summed E-state index contributed by atoms with van der Waals surface area (Å²) in [6.07, 6.45) is 7.33. The molecule has 0 bridgehead atoms. The minimum absolute atomic E-state index is 0. The Morgan fingerprint density at radius 2 is 1.84 bits per heavy atom. The van der Waals surface area contributed by atoms with E-state index in [2.05, 4.69) is 16.0 Å². The zero-order valence-corrected chi connectivity index (χ0v) is 16.4. The fourth-order valence-electron chi connectivity index (χ4n) is 3.82. The first-order valence-electron chi connectivity index (χ1n) is 9.34. The molecule has 2 fully saturated rings. The van der Waals surface area contributed by atoms with E-state index in [1.165, 1.54) is 6.42 Å². The largest absolute Gasteiger partial charge is 0.384 e. The lowest BCUT2D eigenvalue weighted by Crippen LogP contribution is -2.52. The number of hydrogen-bond acceptors (Lipinski definition) is 4. The zero-order valence-electron chi connectivity index (χ0n) is 15.6. The molecule has 1 atom stereocenters. The van der Waals surface area contributed by atoms with Crippen molar-refractivity contribution in [2.24, 2.45) is 11.3 Å². The normalized spacial score (nSPS) is 21.7. The minimum Gasteiger partial charge on any atom is -0.384 e. The Bertz CT molecular complexity index is 416. The molecule has 1 heterocycles. The summed E-state index contributed by atoms with van der Waals surface area (Å²) >= 11 is 0. The number of piperidine rings is 1. The third-order valence-corrected chi connectivity index (χ3v) is 5.48. The summed E-state index contributed by atoms with van der Waals surface area (Å²) in [6, 6.07) is -0.485. The second-order valence-electron chi connectivity index (χ2n) is 7.47. The highest BCUT2D eigenvalue weighted by Crippen LogP contribution is 2.28. The Morgan fingerprint density at radius 1 is 1.20 bits per heavy atom. The molecule has 0 radical (unpaired) electrons. The molecule has 6 nitrogen and oxygen atoms in total. The summed E-state index contributed by atoms with van der Waals surface area (Å²) in [7, 11) is 1.71. The van der Waals surface area contributed by atoms with Crippen LogP contribution in [-0.4, -0.2) is 51.2 Å². The summed E-state index contributed by atoms with van der Waals surface area (Å²) in [5.41, 5.74) is 0.00274. The Balaban J connectivity index is 0.00000312. The smallest absolute Gasteiger partial charge is 0.242 e. The Labute approximate surface area is 157 Å². The van der Waals surface area contributed by atoms with Gasteiger partial charge in [-0.25, -0.2) is 0 Å². The Hall–Kier alpha value is -0.850. The van der Waals surface area contributed by atoms with Gasteiger partial charge in [-0.05, 0) is 45.7 Å². The van der Waals surface area contributed by atoms with Crippen LogP contribution in [0.2, 0.25) is 0 Å². The van der Waals surface area contributed by atoms with E-state index in [-0.39, 0.29) is 35.6 Å². The summed E-state index contributed by atoms with van der Waals surface area (Å²) in [5, 5.41) is 9.26. The van der Waals surface area contributed by atoms with Gasteiger partial charge in [0.15, 0.2) is 0 Å². The molecule has 1 aliphatic heterocycles. The standard InChI is InChI=1S/C18H33N3O3.ClH/c1-14(21-17(23)15-6-4-3-5-7-15)16(22)20-12-18(13-24-2)8-10-19-11-9-18;/h14-15,19H,3-13H2,1-2H3,(H,20,22)(H,21,23);1H/t14-;/m0./s1. The van der Waals surface area contributed by atoms with Gasteiger partial charge in [0, 0.05) is 25.0 Å². The van der Waals surface area contributed by atoms with Crippen molar-refractivity contribution >= 4 is 24.2 Å². The van der Waals surface area contributed by atoms with Crippen molar-refractivity contribution in [2.75, 3.05) is 33.4 Å². The molecule has 2 amide bonds. The van der Waals surface area contributed by atoms with Gasteiger partial charge >= 0.3 is 0 Å². The molecule has 2 rings (SSSR count). The lowest BCUT2D eigenvalue weighted by Gasteiger charge is -2.37. The fourth-order valence-corrected chi connectivity index (χ4v) is 3.82. The fraction of sp³-hybridized carbons (Fsp3) is 0.889. The molecule has 1 saturated heterocycles. The molecule has 0 aromatic carbocycles. The van der Waals surface area contributed by atoms with Crippen molar-refractivity contribution < 1.29 is 14.3 Å². The number of methoxy groups -OCH3 is 1. The van der Waals surface area contributed by atoms with Gasteiger partial charge in [0.2, 0.25) is 11.8 Å². The number of rotatable bonds is 7. The van der Waals surface area contributed by atoms with Crippen LogP contribution in [0.3, 0.4) is 0 Å². The molecular formula is C18H34ClN3O3. The van der Waals surface area contributed by atoms with Gasteiger partial charge in [0.05, 0.1) is 6.61 Å². The van der Waals surface area contributed by atoms with E-state index in [4.69, 9.17) is 4.74 Å². The van der Waals surface area contributed by atoms with Gasteiger partial charge in [0.25, 0.3) is 0 Å². The maximum absolute atomic E-state index is 12.4. The van der Waals surface area contributed by atoms with E-state index in [9.17, 15) is 9.59 Å². The van der Waals surface area contributed by atoms with Crippen LogP contribution in [0.4, 0.5) is 0 Å². The van der Waals surface area contributed by atoms with Crippen LogP contribution in [0.15, 0.2) is 0 Å². The molecule has 3 N–H and O–H groups in total. The first-order valence-corrected chi connectivity index (χ1v) is 9.34. The molecule has 25 heavy (non-hydrogen) atoms. The molecule has 7 heteroatoms. The van der Waals surface area contributed by atoms with Gasteiger partial charge in [-0.1, -0.05) is 19.3 Å². The summed E-state index contributed by atoms with van der Waals surface area (Å²) in [5.74, 6) is 0.0113. The van der Waals surface area contributed by atoms with Gasteiger partial charge < -0.3 is 20.7 Å². The van der Waals surface area contributed by atoms with Crippen molar-refractivity contribution in [3.05, 3.63) is 0 Å². The highest BCUT2D eigenvalue weighted by molar-refractivity contribution is 5.88. The highest BCUT2D eigenvalue weighted by atomic mass is 35.5. The predicted molar refractivity (Wildman–Crippen MR) is 101 cm³/mol. The third kappa shape index (κ3) is 6.76. The van der Waals surface area contributed by atoms with E-state index in [1.807, 2.05) is 0 Å². The summed E-state index contributed by atoms with van der Waals surface area (Å²) in [6.45, 7) is 4.92. The van der Waals surface area contributed by atoms with E-state index in [1.54, 1.807) is 14.0 Å². The quantitative estimate of drug-likeness (QED) is 0.631. The molecule has 2 aliphatic rings. The molecular weight excluding hydrogens is 342 g/mol. The number of hydrogen-bond donors (Lipinski definition) is 3. The van der Waals surface area contributed by atoms with Crippen molar-refractivity contribution in [2.45, 2.75) is 57.9 Å². The van der Waals surface area contributed by atoms with E-state index in [0.717, 1.165) is 51.6 Å². The lowest BCUT2D eigenvalue weighted by atomic mass is 9.79. The summed E-state index contributed by atoms with van der Waals surface area (Å²) in [4.78, 5) is 24.6. The van der Waals surface area contributed by atoms with Crippen LogP contribution < -0.4 is 16.0 Å². The lowest BCUT2D eigenvalue weighted by molar-refractivity contribution is -0.131. The molecule has 1 aliphatic carbocycles. The van der Waals surface area contributed by atoms with Crippen molar-refractivity contribution in [3.8, 4) is 0 Å². The zero-order chi connectivity index (χ0) is 17.4. The average Bonchev–Trinajstić information content (AvgIpc) is 2.61. The van der Waals surface area contributed by atoms with E-state index in [0.29, 0.717) is 13.2 Å². The van der Waals surface area contributed by atoms with E-state index >= 15 is 0 Å². The maximum Gasteiger partial charge on any atom is 0.242 e. The van der Waals surface area contributed by atoms with Crippen molar-refractivity contribution in [3.63, 3.8) is 0 Å².